The minimum Gasteiger partial charge on any atom is -0.490 e. The standard InChI is InChI=1S/C22H36F2O4/c1-14(2)15-16(28-22(23,24)27-15)20(6,7)10-11-21(8,9)18-17(19(3,4)5)25-12-13-26-18/h14H,10-13H2,1-9H3. The maximum absolute atomic E-state index is 13.8. The van der Waals surface area contributed by atoms with Gasteiger partial charge in [-0.2, -0.15) is 0 Å². The molecule has 0 radical (unpaired) electrons. The van der Waals surface area contributed by atoms with Gasteiger partial charge in [-0.1, -0.05) is 62.3 Å². The van der Waals surface area contributed by atoms with E-state index in [2.05, 4.69) is 34.6 Å². The molecule has 0 N–H and O–H groups in total. The fraction of sp³-hybridized carbons (Fsp3) is 0.818. The fourth-order valence-corrected chi connectivity index (χ4v) is 3.55. The Labute approximate surface area is 168 Å². The lowest BCUT2D eigenvalue weighted by Gasteiger charge is -2.38. The largest absolute Gasteiger partial charge is 0.585 e. The minimum absolute atomic E-state index is 0.166. The molecule has 0 bridgehead atoms. The van der Waals surface area contributed by atoms with Crippen LogP contribution in [0.1, 0.15) is 75.2 Å². The number of allylic oxidation sites excluding steroid dienone is 4. The van der Waals surface area contributed by atoms with Gasteiger partial charge >= 0.3 is 6.29 Å². The number of ether oxygens (including phenoxy) is 4. The summed E-state index contributed by atoms with van der Waals surface area (Å²) >= 11 is 0. The van der Waals surface area contributed by atoms with Gasteiger partial charge in [-0.05, 0) is 12.8 Å². The predicted molar refractivity (Wildman–Crippen MR) is 104 cm³/mol. The van der Waals surface area contributed by atoms with Crippen LogP contribution in [0.5, 0.6) is 0 Å². The second kappa shape index (κ2) is 7.42. The molecule has 2 rings (SSSR count). The van der Waals surface area contributed by atoms with Crippen LogP contribution < -0.4 is 0 Å². The zero-order valence-electron chi connectivity index (χ0n) is 18.8. The Morgan fingerprint density at radius 2 is 1.25 bits per heavy atom. The molecule has 0 saturated heterocycles. The number of hydrogen-bond acceptors (Lipinski definition) is 4. The monoisotopic (exact) mass is 402 g/mol. The van der Waals surface area contributed by atoms with E-state index >= 15 is 0 Å². The number of hydrogen-bond donors (Lipinski definition) is 0. The van der Waals surface area contributed by atoms with Gasteiger partial charge in [-0.3, -0.25) is 0 Å². The lowest BCUT2D eigenvalue weighted by Crippen LogP contribution is -2.31. The molecule has 2 heterocycles. The van der Waals surface area contributed by atoms with Crippen LogP contribution >= 0.6 is 0 Å². The number of rotatable bonds is 6. The van der Waals surface area contributed by atoms with Crippen molar-refractivity contribution in [2.45, 2.75) is 81.4 Å². The maximum atomic E-state index is 13.8. The Hall–Kier alpha value is -1.46. The van der Waals surface area contributed by atoms with Crippen LogP contribution in [0.15, 0.2) is 23.0 Å². The van der Waals surface area contributed by atoms with Crippen molar-refractivity contribution in [2.24, 2.45) is 22.2 Å². The van der Waals surface area contributed by atoms with Gasteiger partial charge in [0.2, 0.25) is 0 Å². The Morgan fingerprint density at radius 3 is 1.71 bits per heavy atom. The van der Waals surface area contributed by atoms with E-state index in [1.54, 1.807) is 0 Å². The predicted octanol–water partition coefficient (Wildman–Crippen LogP) is 6.59. The highest BCUT2D eigenvalue weighted by molar-refractivity contribution is 5.19. The van der Waals surface area contributed by atoms with E-state index in [9.17, 15) is 8.78 Å². The second-order valence-corrected chi connectivity index (χ2v) is 10.4. The summed E-state index contributed by atoms with van der Waals surface area (Å²) in [5.74, 6) is 2.03. The van der Waals surface area contributed by atoms with Crippen LogP contribution in [0.3, 0.4) is 0 Å². The zero-order valence-corrected chi connectivity index (χ0v) is 18.8. The lowest BCUT2D eigenvalue weighted by atomic mass is 9.74. The van der Waals surface area contributed by atoms with Crippen molar-refractivity contribution in [3.05, 3.63) is 23.0 Å². The van der Waals surface area contributed by atoms with Crippen molar-refractivity contribution in [3.63, 3.8) is 0 Å². The Bertz CT molecular complexity index is 652. The summed E-state index contributed by atoms with van der Waals surface area (Å²) in [4.78, 5) is 0. The third kappa shape index (κ3) is 4.93. The van der Waals surface area contributed by atoms with Crippen molar-refractivity contribution in [1.29, 1.82) is 0 Å². The first kappa shape index (κ1) is 22.8. The highest BCUT2D eigenvalue weighted by atomic mass is 19.3. The van der Waals surface area contributed by atoms with Crippen molar-refractivity contribution < 1.29 is 27.7 Å². The number of alkyl halides is 2. The molecule has 2 aliphatic rings. The van der Waals surface area contributed by atoms with Crippen LogP contribution in [-0.4, -0.2) is 19.5 Å². The topological polar surface area (TPSA) is 36.9 Å². The summed E-state index contributed by atoms with van der Waals surface area (Å²) in [5, 5.41) is 0. The molecule has 0 aromatic heterocycles. The average molecular weight is 403 g/mol. The van der Waals surface area contributed by atoms with Crippen LogP contribution in [-0.2, 0) is 18.9 Å². The summed E-state index contributed by atoms with van der Waals surface area (Å²) in [6.45, 7) is 19.1. The normalized spacial score (nSPS) is 20.7. The third-order valence-corrected chi connectivity index (χ3v) is 5.27. The van der Waals surface area contributed by atoms with Gasteiger partial charge in [0.1, 0.15) is 30.5 Å². The van der Waals surface area contributed by atoms with E-state index in [1.165, 1.54) is 0 Å². The van der Waals surface area contributed by atoms with E-state index in [1.807, 2.05) is 27.7 Å². The molecule has 0 fully saturated rings. The van der Waals surface area contributed by atoms with E-state index in [4.69, 9.17) is 18.9 Å². The van der Waals surface area contributed by atoms with Crippen molar-refractivity contribution in [1.82, 2.24) is 0 Å². The molecular weight excluding hydrogens is 366 g/mol. The minimum atomic E-state index is -3.59. The first-order valence-electron chi connectivity index (χ1n) is 10.1. The van der Waals surface area contributed by atoms with Crippen LogP contribution in [0, 0.1) is 22.2 Å². The molecule has 2 aliphatic heterocycles. The number of halogens is 2. The maximum Gasteiger partial charge on any atom is 0.585 e. The van der Waals surface area contributed by atoms with Crippen LogP contribution in [0.25, 0.3) is 0 Å². The lowest BCUT2D eigenvalue weighted by molar-refractivity contribution is -0.341. The van der Waals surface area contributed by atoms with E-state index in [0.29, 0.717) is 19.6 Å². The molecule has 0 saturated carbocycles. The average Bonchev–Trinajstić information content (AvgIpc) is 2.89. The molecule has 28 heavy (non-hydrogen) atoms. The van der Waals surface area contributed by atoms with Crippen LogP contribution in [0.2, 0.25) is 0 Å². The van der Waals surface area contributed by atoms with Gasteiger partial charge in [-0.25, -0.2) is 0 Å². The summed E-state index contributed by atoms with van der Waals surface area (Å²) in [6.07, 6.45) is -2.23. The quantitative estimate of drug-likeness (QED) is 0.502. The van der Waals surface area contributed by atoms with Gasteiger partial charge in [0.05, 0.1) is 0 Å². The van der Waals surface area contributed by atoms with Crippen molar-refractivity contribution in [2.75, 3.05) is 13.2 Å². The van der Waals surface area contributed by atoms with E-state index < -0.39 is 11.7 Å². The fourth-order valence-electron chi connectivity index (χ4n) is 3.55. The molecule has 0 amide bonds. The molecule has 4 nitrogen and oxygen atoms in total. The molecule has 0 aromatic rings. The molecule has 0 aromatic carbocycles. The van der Waals surface area contributed by atoms with Gasteiger partial charge in [0.15, 0.2) is 5.76 Å². The molecule has 0 atom stereocenters. The summed E-state index contributed by atoms with van der Waals surface area (Å²) < 4.78 is 49.2. The van der Waals surface area contributed by atoms with Gasteiger partial charge < -0.3 is 18.9 Å². The summed E-state index contributed by atoms with van der Waals surface area (Å²) in [7, 11) is 0. The summed E-state index contributed by atoms with van der Waals surface area (Å²) in [5.41, 5.74) is -1.07. The SMILES string of the molecule is CC(C)C1=C(C(C)(C)CCC(C)(C)C2=C(C(C)(C)C)OCCO2)OC(F)(F)O1. The first-order chi connectivity index (χ1) is 12.6. The summed E-state index contributed by atoms with van der Waals surface area (Å²) in [6, 6.07) is 0. The molecule has 0 spiro atoms. The third-order valence-electron chi connectivity index (χ3n) is 5.27. The Balaban J connectivity index is 2.25. The molecule has 0 aliphatic carbocycles. The molecular formula is C22H36F2O4. The Kier molecular flexibility index (Phi) is 6.05. The van der Waals surface area contributed by atoms with Gasteiger partial charge in [-0.15, -0.1) is 8.78 Å². The smallest absolute Gasteiger partial charge is 0.490 e. The van der Waals surface area contributed by atoms with Crippen molar-refractivity contribution in [3.8, 4) is 0 Å². The zero-order chi connectivity index (χ0) is 21.5. The van der Waals surface area contributed by atoms with E-state index in [0.717, 1.165) is 17.9 Å². The highest BCUT2D eigenvalue weighted by Crippen LogP contribution is 2.49. The van der Waals surface area contributed by atoms with Crippen molar-refractivity contribution >= 4 is 0 Å². The van der Waals surface area contributed by atoms with Gasteiger partial charge in [0, 0.05) is 22.2 Å². The van der Waals surface area contributed by atoms with Crippen LogP contribution in [0.4, 0.5) is 8.78 Å². The first-order valence-corrected chi connectivity index (χ1v) is 10.1. The molecule has 6 heteroatoms. The van der Waals surface area contributed by atoms with Gasteiger partial charge in [0.25, 0.3) is 0 Å². The molecule has 162 valence electrons. The Morgan fingerprint density at radius 1 is 0.786 bits per heavy atom. The highest BCUT2D eigenvalue weighted by Gasteiger charge is 2.50. The second-order valence-electron chi connectivity index (χ2n) is 10.4. The molecule has 0 unspecified atom stereocenters. The van der Waals surface area contributed by atoms with E-state index in [-0.39, 0.29) is 28.3 Å².